The van der Waals surface area contributed by atoms with Crippen LogP contribution in [0.25, 0.3) is 0 Å². The molecule has 13 heteroatoms. The highest BCUT2D eigenvalue weighted by molar-refractivity contribution is 8.00. The minimum absolute atomic E-state index is 0.129. The molecular formula is C14H15N3O7S3. The number of carbonyl (C=O) groups excluding carboxylic acids is 2. The van der Waals surface area contributed by atoms with Crippen molar-refractivity contribution in [3.63, 3.8) is 0 Å². The summed E-state index contributed by atoms with van der Waals surface area (Å²) in [5, 5.41) is 13.3. The largest absolute Gasteiger partial charge is 0.477 e. The van der Waals surface area contributed by atoms with Gasteiger partial charge in [0.1, 0.15) is 17.1 Å². The number of thiophene rings is 1. The summed E-state index contributed by atoms with van der Waals surface area (Å²) >= 11 is 2.63. The number of fused-ring (bicyclic) bond motifs is 1. The number of hydrogen-bond donors (Lipinski definition) is 4. The van der Waals surface area contributed by atoms with Gasteiger partial charge in [-0.15, -0.1) is 23.1 Å². The van der Waals surface area contributed by atoms with Crippen LogP contribution < -0.4 is 10.0 Å². The number of nitrogens with one attached hydrogen (secondary N) is 2. The highest BCUT2D eigenvalue weighted by atomic mass is 32.2. The van der Waals surface area contributed by atoms with E-state index in [1.165, 1.54) is 23.1 Å². The lowest BCUT2D eigenvalue weighted by molar-refractivity contribution is -0.150. The Morgan fingerprint density at radius 1 is 1.37 bits per heavy atom. The molecule has 0 radical (unpaired) electrons. The topological polar surface area (TPSA) is 153 Å². The highest BCUT2D eigenvalue weighted by Crippen LogP contribution is 2.40. The Morgan fingerprint density at radius 2 is 2.11 bits per heavy atom. The lowest BCUT2D eigenvalue weighted by Gasteiger charge is -2.49. The SMILES string of the molecule is O=C(Cc1cccs1)NC1C(=O)N2C(C(=O)O)=C(CNS(=O)(=O)O)CS[C@@H]12. The highest BCUT2D eigenvalue weighted by Gasteiger charge is 2.54. The summed E-state index contributed by atoms with van der Waals surface area (Å²) in [5.74, 6) is -2.16. The van der Waals surface area contributed by atoms with Gasteiger partial charge in [0.05, 0.1) is 6.42 Å². The molecule has 146 valence electrons. The molecule has 1 fully saturated rings. The number of aliphatic carboxylic acids is 1. The molecule has 4 N–H and O–H groups in total. The Bertz CT molecular complexity index is 910. The molecule has 2 aliphatic rings. The molecule has 1 saturated heterocycles. The van der Waals surface area contributed by atoms with Crippen molar-refractivity contribution in [1.82, 2.24) is 14.9 Å². The summed E-state index contributed by atoms with van der Waals surface area (Å²) in [6.07, 6.45) is 0.129. The van der Waals surface area contributed by atoms with E-state index >= 15 is 0 Å². The fraction of sp³-hybridized carbons (Fsp3) is 0.357. The zero-order valence-electron chi connectivity index (χ0n) is 13.6. The molecule has 3 heterocycles. The monoisotopic (exact) mass is 433 g/mol. The first-order valence-electron chi connectivity index (χ1n) is 7.61. The Hall–Kier alpha value is -1.93. The lowest BCUT2D eigenvalue weighted by atomic mass is 10.0. The van der Waals surface area contributed by atoms with Gasteiger partial charge in [-0.05, 0) is 17.0 Å². The number of thioether (sulfide) groups is 1. The molecule has 0 spiro atoms. The lowest BCUT2D eigenvalue weighted by Crippen LogP contribution is -2.70. The number of carboxylic acid groups (broad SMARTS) is 1. The maximum absolute atomic E-state index is 12.4. The molecule has 1 unspecified atom stereocenters. The number of carbonyl (C=O) groups is 3. The summed E-state index contributed by atoms with van der Waals surface area (Å²) in [6.45, 7) is -0.431. The minimum Gasteiger partial charge on any atom is -0.477 e. The van der Waals surface area contributed by atoms with Gasteiger partial charge in [0.15, 0.2) is 0 Å². The standard InChI is InChI=1S/C14H15N3O7S3/c18-9(4-8-2-1-3-25-8)16-10-12(19)17-11(14(20)21)7(6-26-13(10)17)5-15-27(22,23)24/h1-3,10,13,15H,4-6H2,(H,16,18)(H,20,21)(H,22,23,24)/t10?,13-/m0/s1. The summed E-state index contributed by atoms with van der Waals surface area (Å²) < 4.78 is 32.2. The van der Waals surface area contributed by atoms with Crippen LogP contribution in [-0.2, 0) is 31.1 Å². The van der Waals surface area contributed by atoms with Gasteiger partial charge in [0, 0.05) is 17.2 Å². The maximum Gasteiger partial charge on any atom is 0.352 e. The van der Waals surface area contributed by atoms with E-state index < -0.39 is 40.1 Å². The van der Waals surface area contributed by atoms with Gasteiger partial charge in [-0.1, -0.05) is 6.07 Å². The van der Waals surface area contributed by atoms with Crippen molar-refractivity contribution < 1.29 is 32.5 Å². The molecule has 27 heavy (non-hydrogen) atoms. The Morgan fingerprint density at radius 3 is 2.70 bits per heavy atom. The van der Waals surface area contributed by atoms with Crippen LogP contribution >= 0.6 is 23.1 Å². The Labute approximate surface area is 162 Å². The van der Waals surface area contributed by atoms with Crippen molar-refractivity contribution in [3.05, 3.63) is 33.7 Å². The first-order valence-corrected chi connectivity index (χ1v) is 11.0. The number of carboxylic acids is 1. The normalized spacial score (nSPS) is 22.3. The average Bonchev–Trinajstić information content (AvgIpc) is 3.08. The molecule has 10 nitrogen and oxygen atoms in total. The van der Waals surface area contributed by atoms with E-state index in [1.807, 2.05) is 11.4 Å². The Kier molecular flexibility index (Phi) is 5.58. The maximum atomic E-state index is 12.4. The molecule has 2 atom stereocenters. The van der Waals surface area contributed by atoms with Crippen LogP contribution in [0, 0.1) is 0 Å². The second kappa shape index (κ2) is 7.59. The van der Waals surface area contributed by atoms with E-state index in [4.69, 9.17) is 4.55 Å². The van der Waals surface area contributed by atoms with Gasteiger partial charge in [-0.3, -0.25) is 19.0 Å². The van der Waals surface area contributed by atoms with Crippen molar-refractivity contribution in [2.24, 2.45) is 0 Å². The van der Waals surface area contributed by atoms with Crippen molar-refractivity contribution in [2.45, 2.75) is 17.8 Å². The van der Waals surface area contributed by atoms with Gasteiger partial charge < -0.3 is 10.4 Å². The van der Waals surface area contributed by atoms with E-state index in [0.717, 1.165) is 9.78 Å². The van der Waals surface area contributed by atoms with Gasteiger partial charge in [0.25, 0.3) is 5.91 Å². The third-order valence-corrected chi connectivity index (χ3v) is 6.67. The summed E-state index contributed by atoms with van der Waals surface area (Å²) in [5.41, 5.74) is -0.179. The molecular weight excluding hydrogens is 418 g/mol. The molecule has 0 bridgehead atoms. The van der Waals surface area contributed by atoms with E-state index in [2.05, 4.69) is 5.32 Å². The smallest absolute Gasteiger partial charge is 0.352 e. The number of nitrogens with zero attached hydrogens (tertiary/aromatic N) is 1. The number of amides is 2. The van der Waals surface area contributed by atoms with E-state index in [9.17, 15) is 27.9 Å². The molecule has 1 aromatic rings. The predicted octanol–water partition coefficient (Wildman–Crippen LogP) is -0.578. The second-order valence-electron chi connectivity index (χ2n) is 5.76. The number of hydrogen-bond acceptors (Lipinski definition) is 7. The summed E-state index contributed by atoms with van der Waals surface area (Å²) in [6, 6.07) is 2.77. The molecule has 1 aromatic heterocycles. The first kappa shape index (κ1) is 19.8. The van der Waals surface area contributed by atoms with Crippen molar-refractivity contribution in [3.8, 4) is 0 Å². The second-order valence-corrected chi connectivity index (χ2v) is 9.14. The van der Waals surface area contributed by atoms with Crippen LogP contribution in [0.1, 0.15) is 4.88 Å². The summed E-state index contributed by atoms with van der Waals surface area (Å²) in [4.78, 5) is 38.0. The first-order chi connectivity index (χ1) is 12.7. The fourth-order valence-corrected chi connectivity index (χ4v) is 5.20. The van der Waals surface area contributed by atoms with Gasteiger partial charge >= 0.3 is 16.3 Å². The van der Waals surface area contributed by atoms with Crippen molar-refractivity contribution in [1.29, 1.82) is 0 Å². The molecule has 2 amide bonds. The van der Waals surface area contributed by atoms with E-state index in [-0.39, 0.29) is 29.4 Å². The molecule has 0 aliphatic carbocycles. The summed E-state index contributed by atoms with van der Waals surface area (Å²) in [7, 11) is -4.50. The van der Waals surface area contributed by atoms with Crippen molar-refractivity contribution >= 4 is 51.2 Å². The Balaban J connectivity index is 1.71. The number of β-lactam (4-membered cyclic amide) rings is 1. The predicted molar refractivity (Wildman–Crippen MR) is 97.3 cm³/mol. The zero-order valence-corrected chi connectivity index (χ0v) is 16.1. The molecule has 2 aliphatic heterocycles. The third-order valence-electron chi connectivity index (χ3n) is 3.95. The van der Waals surface area contributed by atoms with Gasteiger partial charge in [0.2, 0.25) is 5.91 Å². The molecule has 0 saturated carbocycles. The number of rotatable bonds is 7. The fourth-order valence-electron chi connectivity index (χ4n) is 2.79. The van der Waals surface area contributed by atoms with Crippen LogP contribution in [0.5, 0.6) is 0 Å². The zero-order chi connectivity index (χ0) is 19.8. The van der Waals surface area contributed by atoms with Gasteiger partial charge in [-0.25, -0.2) is 4.79 Å². The van der Waals surface area contributed by atoms with Crippen molar-refractivity contribution in [2.75, 3.05) is 12.3 Å². The van der Waals surface area contributed by atoms with Crippen LogP contribution in [0.2, 0.25) is 0 Å². The minimum atomic E-state index is -4.50. The van der Waals surface area contributed by atoms with Crippen LogP contribution in [0.15, 0.2) is 28.8 Å². The average molecular weight is 433 g/mol. The van der Waals surface area contributed by atoms with Crippen LogP contribution in [-0.4, -0.2) is 64.5 Å². The van der Waals surface area contributed by atoms with E-state index in [0.29, 0.717) is 0 Å². The van der Waals surface area contributed by atoms with Gasteiger partial charge in [-0.2, -0.15) is 13.1 Å². The molecule has 0 aromatic carbocycles. The van der Waals surface area contributed by atoms with Crippen LogP contribution in [0.4, 0.5) is 0 Å². The van der Waals surface area contributed by atoms with E-state index in [1.54, 1.807) is 10.8 Å². The van der Waals surface area contributed by atoms with Crippen LogP contribution in [0.3, 0.4) is 0 Å². The molecule has 3 rings (SSSR count). The third kappa shape index (κ3) is 4.32. The quantitative estimate of drug-likeness (QED) is 0.329.